The zero-order chi connectivity index (χ0) is 19.8. The third kappa shape index (κ3) is 3.03. The molecular formula is C21H15BrN2O4. The summed E-state index contributed by atoms with van der Waals surface area (Å²) in [5.41, 5.74) is 1.12. The van der Waals surface area contributed by atoms with E-state index in [4.69, 9.17) is 4.52 Å². The Morgan fingerprint density at radius 2 is 1.86 bits per heavy atom. The minimum absolute atomic E-state index is 0.00922. The van der Waals surface area contributed by atoms with E-state index < -0.39 is 17.7 Å². The summed E-state index contributed by atoms with van der Waals surface area (Å²) in [6, 6.07) is 16.7. The van der Waals surface area contributed by atoms with Crippen molar-refractivity contribution in [2.45, 2.75) is 13.0 Å². The van der Waals surface area contributed by atoms with Crippen LogP contribution in [0.25, 0.3) is 5.76 Å². The monoisotopic (exact) mass is 438 g/mol. The molecule has 0 spiro atoms. The van der Waals surface area contributed by atoms with Crippen LogP contribution in [0.15, 0.2) is 75.2 Å². The summed E-state index contributed by atoms with van der Waals surface area (Å²) < 4.78 is 5.89. The van der Waals surface area contributed by atoms with E-state index in [0.29, 0.717) is 16.9 Å². The summed E-state index contributed by atoms with van der Waals surface area (Å²) in [7, 11) is 0. The molecular weight excluding hydrogens is 424 g/mol. The van der Waals surface area contributed by atoms with Crippen LogP contribution in [0.2, 0.25) is 0 Å². The average Bonchev–Trinajstić information content (AvgIpc) is 3.23. The highest BCUT2D eigenvalue weighted by molar-refractivity contribution is 9.10. The molecule has 6 nitrogen and oxygen atoms in total. The number of benzene rings is 2. The van der Waals surface area contributed by atoms with Crippen LogP contribution in [0.3, 0.4) is 0 Å². The maximum absolute atomic E-state index is 12.9. The molecule has 2 heterocycles. The van der Waals surface area contributed by atoms with Crippen LogP contribution in [0.1, 0.15) is 22.9 Å². The number of amides is 1. The zero-order valence-corrected chi connectivity index (χ0v) is 16.4. The number of hydrogen-bond donors (Lipinski definition) is 1. The lowest BCUT2D eigenvalue weighted by molar-refractivity contribution is -0.132. The van der Waals surface area contributed by atoms with Gasteiger partial charge in [0.05, 0.1) is 11.6 Å². The van der Waals surface area contributed by atoms with Gasteiger partial charge in [-0.3, -0.25) is 14.5 Å². The van der Waals surface area contributed by atoms with Crippen LogP contribution in [0.5, 0.6) is 0 Å². The molecule has 4 rings (SSSR count). The van der Waals surface area contributed by atoms with Crippen LogP contribution in [-0.4, -0.2) is 22.0 Å². The Morgan fingerprint density at radius 1 is 1.11 bits per heavy atom. The van der Waals surface area contributed by atoms with Crippen molar-refractivity contribution in [1.29, 1.82) is 0 Å². The van der Waals surface area contributed by atoms with Crippen molar-refractivity contribution in [3.63, 3.8) is 0 Å². The molecule has 7 heteroatoms. The largest absolute Gasteiger partial charge is 0.507 e. The number of anilines is 1. The Balaban J connectivity index is 1.96. The normalized spacial score (nSPS) is 18.6. The standard InChI is InChI=1S/C21H15BrN2O4/c1-12-10-16(23-28-12)24-18(14-8-5-9-15(22)11-14)17(20(26)21(24)27)19(25)13-6-3-2-4-7-13/h2-11,18,25H,1H3/b19-17+/t18-/m0/s1. The molecule has 1 atom stereocenters. The van der Waals surface area contributed by atoms with Crippen LogP contribution < -0.4 is 4.90 Å². The first-order valence-corrected chi connectivity index (χ1v) is 9.32. The van der Waals surface area contributed by atoms with Crippen molar-refractivity contribution >= 4 is 39.2 Å². The molecule has 28 heavy (non-hydrogen) atoms. The van der Waals surface area contributed by atoms with Gasteiger partial charge in [-0.15, -0.1) is 0 Å². The lowest BCUT2D eigenvalue weighted by Gasteiger charge is -2.23. The molecule has 1 saturated heterocycles. The third-order valence-corrected chi connectivity index (χ3v) is 5.01. The molecule has 1 N–H and O–H groups in total. The van der Waals surface area contributed by atoms with Gasteiger partial charge in [0.25, 0.3) is 5.78 Å². The number of hydrogen-bond acceptors (Lipinski definition) is 5. The van der Waals surface area contributed by atoms with Gasteiger partial charge >= 0.3 is 5.91 Å². The van der Waals surface area contributed by atoms with E-state index >= 15 is 0 Å². The molecule has 3 aromatic rings. The number of aliphatic hydroxyl groups is 1. The molecule has 0 unspecified atom stereocenters. The van der Waals surface area contributed by atoms with E-state index in [-0.39, 0.29) is 17.2 Å². The van der Waals surface area contributed by atoms with E-state index in [1.54, 1.807) is 61.5 Å². The summed E-state index contributed by atoms with van der Waals surface area (Å²) >= 11 is 3.42. The second-order valence-corrected chi connectivity index (χ2v) is 7.30. The van der Waals surface area contributed by atoms with Gasteiger partial charge in [-0.25, -0.2) is 0 Å². The average molecular weight is 439 g/mol. The summed E-state index contributed by atoms with van der Waals surface area (Å²) in [6.07, 6.45) is 0. The second-order valence-electron chi connectivity index (χ2n) is 6.39. The Labute approximate surface area is 169 Å². The predicted molar refractivity (Wildman–Crippen MR) is 107 cm³/mol. The van der Waals surface area contributed by atoms with Crippen LogP contribution >= 0.6 is 15.9 Å². The number of aliphatic hydroxyl groups excluding tert-OH is 1. The SMILES string of the molecule is Cc1cc(N2C(=O)C(=O)/C(=C(/O)c3ccccc3)[C@@H]2c2cccc(Br)c2)no1. The van der Waals surface area contributed by atoms with Crippen LogP contribution in [0, 0.1) is 6.92 Å². The predicted octanol–water partition coefficient (Wildman–Crippen LogP) is 4.37. The van der Waals surface area contributed by atoms with E-state index in [9.17, 15) is 14.7 Å². The molecule has 1 aromatic heterocycles. The van der Waals surface area contributed by atoms with E-state index in [1.165, 1.54) is 4.90 Å². The maximum Gasteiger partial charge on any atom is 0.301 e. The Morgan fingerprint density at radius 3 is 2.50 bits per heavy atom. The quantitative estimate of drug-likeness (QED) is 0.372. The van der Waals surface area contributed by atoms with Gasteiger partial charge in [0, 0.05) is 16.1 Å². The first kappa shape index (κ1) is 18.2. The number of ketones is 1. The fraction of sp³-hybridized carbons (Fsp3) is 0.0952. The molecule has 0 saturated carbocycles. The summed E-state index contributed by atoms with van der Waals surface area (Å²) in [4.78, 5) is 27.0. The van der Waals surface area contributed by atoms with Crippen molar-refractivity contribution in [3.05, 3.63) is 87.6 Å². The summed E-state index contributed by atoms with van der Waals surface area (Å²) in [6.45, 7) is 1.70. The van der Waals surface area contributed by atoms with E-state index in [2.05, 4.69) is 21.1 Å². The van der Waals surface area contributed by atoms with Gasteiger partial charge < -0.3 is 9.63 Å². The lowest BCUT2D eigenvalue weighted by atomic mass is 9.95. The van der Waals surface area contributed by atoms with Gasteiger partial charge in [0.1, 0.15) is 11.5 Å². The van der Waals surface area contributed by atoms with Crippen LogP contribution in [0.4, 0.5) is 5.82 Å². The molecule has 0 aliphatic carbocycles. The molecule has 1 aliphatic rings. The second kappa shape index (κ2) is 7.09. The first-order chi connectivity index (χ1) is 13.5. The maximum atomic E-state index is 12.9. The highest BCUT2D eigenvalue weighted by Gasteiger charge is 2.48. The number of aromatic nitrogens is 1. The molecule has 2 aromatic carbocycles. The number of halogens is 1. The number of Topliss-reactive ketones (excluding diaryl/α,β-unsaturated/α-hetero) is 1. The van der Waals surface area contributed by atoms with E-state index in [1.807, 2.05) is 6.07 Å². The van der Waals surface area contributed by atoms with Crippen molar-refractivity contribution in [1.82, 2.24) is 5.16 Å². The minimum Gasteiger partial charge on any atom is -0.507 e. The summed E-state index contributed by atoms with van der Waals surface area (Å²) in [5, 5.41) is 14.8. The first-order valence-electron chi connectivity index (χ1n) is 8.52. The van der Waals surface area contributed by atoms with Gasteiger partial charge in [-0.1, -0.05) is 63.6 Å². The van der Waals surface area contributed by atoms with Crippen molar-refractivity contribution in [3.8, 4) is 0 Å². The highest BCUT2D eigenvalue weighted by atomic mass is 79.9. The molecule has 1 amide bonds. The van der Waals surface area contributed by atoms with Crippen molar-refractivity contribution in [2.24, 2.45) is 0 Å². The molecule has 1 fully saturated rings. The fourth-order valence-electron chi connectivity index (χ4n) is 3.28. The number of carbonyl (C=O) groups excluding carboxylic acids is 2. The Bertz CT molecular complexity index is 1100. The Hall–Kier alpha value is -3.19. The number of carbonyl (C=O) groups is 2. The van der Waals surface area contributed by atoms with Gasteiger partial charge in [-0.2, -0.15) is 0 Å². The Kier molecular flexibility index (Phi) is 4.60. The van der Waals surface area contributed by atoms with Gasteiger partial charge in [-0.05, 0) is 24.6 Å². The van der Waals surface area contributed by atoms with Gasteiger partial charge in [0.15, 0.2) is 5.82 Å². The van der Waals surface area contributed by atoms with E-state index in [0.717, 1.165) is 4.47 Å². The van der Waals surface area contributed by atoms with Crippen molar-refractivity contribution < 1.29 is 19.2 Å². The highest BCUT2D eigenvalue weighted by Crippen LogP contribution is 2.42. The number of rotatable bonds is 3. The lowest BCUT2D eigenvalue weighted by Crippen LogP contribution is -2.29. The molecule has 0 radical (unpaired) electrons. The molecule has 1 aliphatic heterocycles. The zero-order valence-electron chi connectivity index (χ0n) is 14.8. The van der Waals surface area contributed by atoms with Gasteiger partial charge in [0.2, 0.25) is 0 Å². The topological polar surface area (TPSA) is 83.6 Å². The van der Waals surface area contributed by atoms with Crippen molar-refractivity contribution in [2.75, 3.05) is 4.90 Å². The third-order valence-electron chi connectivity index (χ3n) is 4.52. The molecule has 0 bridgehead atoms. The summed E-state index contributed by atoms with van der Waals surface area (Å²) in [5.74, 6) is -1.04. The number of aryl methyl sites for hydroxylation is 1. The molecule has 140 valence electrons. The fourth-order valence-corrected chi connectivity index (χ4v) is 3.70. The van der Waals surface area contributed by atoms with Crippen LogP contribution in [-0.2, 0) is 9.59 Å². The minimum atomic E-state index is -0.831. The smallest absolute Gasteiger partial charge is 0.301 e. The number of nitrogens with zero attached hydrogens (tertiary/aromatic N) is 2.